The summed E-state index contributed by atoms with van der Waals surface area (Å²) in [6.07, 6.45) is 4.78. The van der Waals surface area contributed by atoms with E-state index in [4.69, 9.17) is 5.11 Å². The van der Waals surface area contributed by atoms with E-state index in [1.807, 2.05) is 0 Å². The van der Waals surface area contributed by atoms with Crippen LogP contribution in [-0.4, -0.2) is 28.3 Å². The lowest BCUT2D eigenvalue weighted by Gasteiger charge is -2.03. The molecular formula is C10H17N2O5-. The highest BCUT2D eigenvalue weighted by molar-refractivity contribution is 6.35. The Morgan fingerprint density at radius 1 is 1.12 bits per heavy atom. The van der Waals surface area contributed by atoms with Gasteiger partial charge in [-0.3, -0.25) is 10.1 Å². The molecule has 0 atom stereocenters. The predicted molar refractivity (Wildman–Crippen MR) is 62.6 cm³/mol. The summed E-state index contributed by atoms with van der Waals surface area (Å²) in [4.78, 5) is 20.1. The van der Waals surface area contributed by atoms with Crippen LogP contribution in [0.5, 0.6) is 0 Å². The molecule has 0 bridgehead atoms. The summed E-state index contributed by atoms with van der Waals surface area (Å²) in [5.41, 5.74) is -0.335. The number of hydrogen-bond donors (Lipinski definition) is 1. The zero-order valence-electron chi connectivity index (χ0n) is 9.63. The fourth-order valence-corrected chi connectivity index (χ4v) is 1.43. The lowest BCUT2D eigenvalue weighted by Crippen LogP contribution is -2.12. The SMILES string of the molecule is O=C(O)C(CCCCCCCC[N+](=O)[O-])=N[O-]. The van der Waals surface area contributed by atoms with Crippen LogP contribution < -0.4 is 0 Å². The molecule has 0 aromatic carbocycles. The van der Waals surface area contributed by atoms with Gasteiger partial charge in [0.15, 0.2) is 0 Å². The van der Waals surface area contributed by atoms with E-state index in [0.29, 0.717) is 12.8 Å². The molecule has 0 aliphatic heterocycles. The number of unbranched alkanes of at least 4 members (excludes halogenated alkanes) is 5. The van der Waals surface area contributed by atoms with Crippen molar-refractivity contribution in [3.05, 3.63) is 15.3 Å². The van der Waals surface area contributed by atoms with Crippen molar-refractivity contribution in [2.75, 3.05) is 6.54 Å². The molecule has 7 heteroatoms. The summed E-state index contributed by atoms with van der Waals surface area (Å²) in [6.45, 7) is 0.00595. The predicted octanol–water partition coefficient (Wildman–Crippen LogP) is 2.02. The molecule has 0 aromatic rings. The minimum Gasteiger partial charge on any atom is -0.792 e. The van der Waals surface area contributed by atoms with Gasteiger partial charge in [-0.25, -0.2) is 4.79 Å². The molecule has 0 saturated heterocycles. The van der Waals surface area contributed by atoms with E-state index in [-0.39, 0.29) is 23.6 Å². The van der Waals surface area contributed by atoms with Gasteiger partial charge in [0.1, 0.15) is 5.71 Å². The van der Waals surface area contributed by atoms with Gasteiger partial charge in [-0.1, -0.05) is 19.3 Å². The van der Waals surface area contributed by atoms with Gasteiger partial charge in [0.25, 0.3) is 0 Å². The number of rotatable bonds is 10. The number of carboxylic acids is 1. The average Bonchev–Trinajstić information content (AvgIpc) is 2.26. The van der Waals surface area contributed by atoms with Gasteiger partial charge in [0.2, 0.25) is 6.54 Å². The Morgan fingerprint density at radius 3 is 2.12 bits per heavy atom. The fraction of sp³-hybridized carbons (Fsp3) is 0.800. The van der Waals surface area contributed by atoms with E-state index in [1.54, 1.807) is 0 Å². The van der Waals surface area contributed by atoms with Gasteiger partial charge in [0.05, 0.1) is 0 Å². The van der Waals surface area contributed by atoms with Crippen LogP contribution in [0.25, 0.3) is 0 Å². The molecule has 0 amide bonds. The monoisotopic (exact) mass is 245 g/mol. The van der Waals surface area contributed by atoms with Crippen molar-refractivity contribution in [1.82, 2.24) is 0 Å². The third kappa shape index (κ3) is 9.28. The number of nitrogens with zero attached hydrogens (tertiary/aromatic N) is 2. The smallest absolute Gasteiger partial charge is 0.349 e. The first-order valence-corrected chi connectivity index (χ1v) is 5.62. The lowest BCUT2D eigenvalue weighted by molar-refractivity contribution is -0.480. The minimum atomic E-state index is -1.26. The number of carboxylic acid groups (broad SMARTS) is 1. The Kier molecular flexibility index (Phi) is 8.62. The van der Waals surface area contributed by atoms with Crippen molar-refractivity contribution < 1.29 is 14.8 Å². The van der Waals surface area contributed by atoms with Crippen LogP contribution in [0, 0.1) is 15.3 Å². The van der Waals surface area contributed by atoms with Crippen LogP contribution in [0.4, 0.5) is 0 Å². The first-order valence-electron chi connectivity index (χ1n) is 5.62. The Balaban J connectivity index is 3.35. The highest BCUT2D eigenvalue weighted by atomic mass is 16.6. The molecule has 98 valence electrons. The quantitative estimate of drug-likeness (QED) is 0.273. The summed E-state index contributed by atoms with van der Waals surface area (Å²) in [7, 11) is 0. The Hall–Kier alpha value is -1.66. The Morgan fingerprint density at radius 2 is 1.65 bits per heavy atom. The fourth-order valence-electron chi connectivity index (χ4n) is 1.43. The molecule has 0 rings (SSSR count). The molecule has 0 spiro atoms. The van der Waals surface area contributed by atoms with E-state index < -0.39 is 5.97 Å². The summed E-state index contributed by atoms with van der Waals surface area (Å²) < 4.78 is 0. The highest BCUT2D eigenvalue weighted by Crippen LogP contribution is 2.08. The molecule has 1 N–H and O–H groups in total. The summed E-state index contributed by atoms with van der Waals surface area (Å²) >= 11 is 0. The second-order valence-electron chi connectivity index (χ2n) is 3.77. The number of hydrogen-bond acceptors (Lipinski definition) is 5. The third-order valence-electron chi connectivity index (χ3n) is 2.36. The van der Waals surface area contributed by atoms with Gasteiger partial charge in [-0.05, 0) is 19.3 Å². The summed E-state index contributed by atoms with van der Waals surface area (Å²) in [6, 6.07) is 0. The normalized spacial score (nSPS) is 11.4. The summed E-state index contributed by atoms with van der Waals surface area (Å²) in [5, 5.41) is 31.0. The molecule has 0 fully saturated rings. The van der Waals surface area contributed by atoms with Crippen molar-refractivity contribution in [3.8, 4) is 0 Å². The van der Waals surface area contributed by atoms with E-state index in [0.717, 1.165) is 25.7 Å². The zero-order chi connectivity index (χ0) is 13.1. The molecule has 0 aliphatic carbocycles. The molecule has 0 heterocycles. The lowest BCUT2D eigenvalue weighted by atomic mass is 10.1. The number of aliphatic carboxylic acids is 1. The molecule has 0 aliphatic rings. The first kappa shape index (κ1) is 15.3. The van der Waals surface area contributed by atoms with Crippen LogP contribution >= 0.6 is 0 Å². The van der Waals surface area contributed by atoms with Crippen molar-refractivity contribution in [2.45, 2.75) is 44.9 Å². The van der Waals surface area contributed by atoms with E-state index in [9.17, 15) is 20.1 Å². The maximum absolute atomic E-state index is 10.4. The highest BCUT2D eigenvalue weighted by Gasteiger charge is 2.06. The second kappa shape index (κ2) is 9.56. The van der Waals surface area contributed by atoms with E-state index in [1.165, 1.54) is 0 Å². The van der Waals surface area contributed by atoms with Gasteiger partial charge >= 0.3 is 5.97 Å². The molecular weight excluding hydrogens is 228 g/mol. The number of carbonyl (C=O) groups is 1. The maximum atomic E-state index is 10.4. The third-order valence-corrected chi connectivity index (χ3v) is 2.36. The van der Waals surface area contributed by atoms with Crippen molar-refractivity contribution in [3.63, 3.8) is 0 Å². The van der Waals surface area contributed by atoms with Gasteiger partial charge in [0, 0.05) is 11.3 Å². The van der Waals surface area contributed by atoms with Crippen LogP contribution in [0.3, 0.4) is 0 Å². The molecule has 0 radical (unpaired) electrons. The average molecular weight is 245 g/mol. The molecule has 0 aromatic heterocycles. The van der Waals surface area contributed by atoms with Crippen LogP contribution in [0.1, 0.15) is 44.9 Å². The van der Waals surface area contributed by atoms with E-state index in [2.05, 4.69) is 5.16 Å². The largest absolute Gasteiger partial charge is 0.792 e. The van der Waals surface area contributed by atoms with Gasteiger partial charge < -0.3 is 15.5 Å². The molecule has 0 unspecified atom stereocenters. The van der Waals surface area contributed by atoms with Crippen molar-refractivity contribution >= 4 is 11.7 Å². The zero-order valence-corrected chi connectivity index (χ0v) is 9.63. The Bertz CT molecular complexity index is 278. The van der Waals surface area contributed by atoms with Gasteiger partial charge in [-0.15, -0.1) is 0 Å². The molecule has 17 heavy (non-hydrogen) atoms. The number of nitro groups is 1. The van der Waals surface area contributed by atoms with Crippen LogP contribution in [0.15, 0.2) is 5.16 Å². The minimum absolute atomic E-state index is 0.00595. The first-order chi connectivity index (χ1) is 8.07. The van der Waals surface area contributed by atoms with Crippen LogP contribution in [0.2, 0.25) is 0 Å². The van der Waals surface area contributed by atoms with Gasteiger partial charge in [-0.2, -0.15) is 0 Å². The van der Waals surface area contributed by atoms with Crippen molar-refractivity contribution in [2.24, 2.45) is 5.16 Å². The molecule has 0 saturated carbocycles. The Labute approximate surface area is 99.3 Å². The second-order valence-corrected chi connectivity index (χ2v) is 3.77. The summed E-state index contributed by atoms with van der Waals surface area (Å²) in [5.74, 6) is -1.26. The topological polar surface area (TPSA) is 116 Å². The maximum Gasteiger partial charge on any atom is 0.349 e. The van der Waals surface area contributed by atoms with E-state index >= 15 is 0 Å². The molecule has 7 nitrogen and oxygen atoms in total. The van der Waals surface area contributed by atoms with Crippen molar-refractivity contribution in [1.29, 1.82) is 0 Å². The standard InChI is InChI=1S/C10H18N2O5/c13-10(14)9(11-15)7-5-3-1-2-4-6-8-12(16)17/h15H,1-8H2,(H,13,14)/p-1. The van der Waals surface area contributed by atoms with Crippen LogP contribution in [-0.2, 0) is 4.79 Å².